The van der Waals surface area contributed by atoms with Gasteiger partial charge in [-0.05, 0) is 18.1 Å². The summed E-state index contributed by atoms with van der Waals surface area (Å²) in [5, 5.41) is 15.8. The molecule has 4 heteroatoms. The second kappa shape index (κ2) is 4.33. The van der Waals surface area contributed by atoms with E-state index in [9.17, 15) is 0 Å². The summed E-state index contributed by atoms with van der Waals surface area (Å²) in [6, 6.07) is 5.16. The van der Waals surface area contributed by atoms with E-state index in [1.54, 1.807) is 12.1 Å². The van der Waals surface area contributed by atoms with Gasteiger partial charge in [-0.3, -0.25) is 0 Å². The number of aromatic nitrogens is 2. The second-order valence-corrected chi connectivity index (χ2v) is 2.27. The van der Waals surface area contributed by atoms with Crippen LogP contribution in [-0.4, -0.2) is 10.2 Å². The summed E-state index contributed by atoms with van der Waals surface area (Å²) >= 11 is 5.50. The van der Waals surface area contributed by atoms with Crippen LogP contribution in [0.5, 0.6) is 0 Å². The molecule has 1 heterocycles. The van der Waals surface area contributed by atoms with Crippen LogP contribution in [0.1, 0.15) is 12.1 Å². The molecular weight excluding hydrogens is 174 g/mol. The molecule has 0 aliphatic rings. The lowest BCUT2D eigenvalue weighted by molar-refractivity contribution is 1.01. The van der Waals surface area contributed by atoms with Crippen LogP contribution < -0.4 is 0 Å². The number of nitriles is 1. The average molecular weight is 178 g/mol. The molecule has 0 bridgehead atoms. The van der Waals surface area contributed by atoms with Crippen molar-refractivity contribution in [2.75, 3.05) is 0 Å². The molecule has 0 aromatic carbocycles. The molecule has 0 saturated heterocycles. The molecular formula is C8H4ClN3. The molecule has 1 rings (SSSR count). The minimum Gasteiger partial charge on any atom is -0.197 e. The third kappa shape index (κ3) is 2.57. The normalized spacial score (nSPS) is 8.00. The Hall–Kier alpha value is -1.58. The highest BCUT2D eigenvalue weighted by atomic mass is 35.5. The predicted octanol–water partition coefficient (Wildman–Crippen LogP) is 1.40. The van der Waals surface area contributed by atoms with E-state index >= 15 is 0 Å². The van der Waals surface area contributed by atoms with Gasteiger partial charge in [0.25, 0.3) is 0 Å². The van der Waals surface area contributed by atoms with Gasteiger partial charge in [0.2, 0.25) is 0 Å². The number of hydrogen-bond donors (Lipinski definition) is 0. The first-order valence-corrected chi connectivity index (χ1v) is 3.56. The van der Waals surface area contributed by atoms with Crippen molar-refractivity contribution in [1.82, 2.24) is 10.2 Å². The van der Waals surface area contributed by atoms with Crippen molar-refractivity contribution < 1.29 is 0 Å². The Bertz CT molecular complexity index is 353. The summed E-state index contributed by atoms with van der Waals surface area (Å²) in [6.07, 6.45) is 0.199. The summed E-state index contributed by atoms with van der Waals surface area (Å²) in [6.45, 7) is 0. The Morgan fingerprint density at radius 2 is 2.25 bits per heavy atom. The van der Waals surface area contributed by atoms with E-state index in [1.165, 1.54) is 0 Å². The van der Waals surface area contributed by atoms with E-state index in [1.807, 2.05) is 6.07 Å². The third-order valence-electron chi connectivity index (χ3n) is 1.02. The van der Waals surface area contributed by atoms with Gasteiger partial charge in [-0.25, -0.2) is 0 Å². The Morgan fingerprint density at radius 3 is 2.83 bits per heavy atom. The Labute approximate surface area is 75.0 Å². The zero-order chi connectivity index (χ0) is 8.81. The summed E-state index contributed by atoms with van der Waals surface area (Å²) in [7, 11) is 0. The molecule has 0 atom stereocenters. The van der Waals surface area contributed by atoms with Crippen molar-refractivity contribution in [3.63, 3.8) is 0 Å². The average Bonchev–Trinajstić information content (AvgIpc) is 2.09. The van der Waals surface area contributed by atoms with Gasteiger partial charge < -0.3 is 0 Å². The predicted molar refractivity (Wildman–Crippen MR) is 44.2 cm³/mol. The van der Waals surface area contributed by atoms with Crippen LogP contribution in [0.15, 0.2) is 12.1 Å². The topological polar surface area (TPSA) is 49.6 Å². The van der Waals surface area contributed by atoms with Crippen molar-refractivity contribution in [3.05, 3.63) is 23.0 Å². The van der Waals surface area contributed by atoms with E-state index in [0.717, 1.165) is 0 Å². The molecule has 0 fully saturated rings. The van der Waals surface area contributed by atoms with Crippen molar-refractivity contribution in [2.24, 2.45) is 0 Å². The highest BCUT2D eigenvalue weighted by molar-refractivity contribution is 6.29. The van der Waals surface area contributed by atoms with Crippen LogP contribution in [0.25, 0.3) is 0 Å². The van der Waals surface area contributed by atoms with Gasteiger partial charge in [0, 0.05) is 0 Å². The van der Waals surface area contributed by atoms with E-state index in [0.29, 0.717) is 10.8 Å². The Kier molecular flexibility index (Phi) is 3.07. The highest BCUT2D eigenvalue weighted by Gasteiger charge is 1.89. The van der Waals surface area contributed by atoms with Gasteiger partial charge >= 0.3 is 0 Å². The lowest BCUT2D eigenvalue weighted by atomic mass is 10.3. The number of nitrogens with zero attached hydrogens (tertiary/aromatic N) is 3. The molecule has 1 aromatic heterocycles. The van der Waals surface area contributed by atoms with E-state index in [4.69, 9.17) is 16.9 Å². The monoisotopic (exact) mass is 177 g/mol. The fourth-order valence-corrected chi connectivity index (χ4v) is 0.658. The first-order chi connectivity index (χ1) is 5.83. The summed E-state index contributed by atoms with van der Waals surface area (Å²) < 4.78 is 0. The van der Waals surface area contributed by atoms with Crippen molar-refractivity contribution in [3.8, 4) is 17.9 Å². The minimum absolute atomic E-state index is 0.199. The zero-order valence-corrected chi connectivity index (χ0v) is 6.84. The minimum atomic E-state index is 0.199. The summed E-state index contributed by atoms with van der Waals surface area (Å²) in [4.78, 5) is 0. The molecule has 0 aliphatic carbocycles. The molecule has 58 valence electrons. The maximum Gasteiger partial charge on any atom is 0.151 e. The Morgan fingerprint density at radius 1 is 1.42 bits per heavy atom. The van der Waals surface area contributed by atoms with Crippen molar-refractivity contribution in [1.29, 1.82) is 5.26 Å². The smallest absolute Gasteiger partial charge is 0.151 e. The Balaban J connectivity index is 2.74. The largest absolute Gasteiger partial charge is 0.197 e. The standard InChI is InChI=1S/C8H4ClN3/c9-8-5-4-7(11-12-8)3-1-2-6-10/h4-5H,2H2. The molecule has 0 amide bonds. The number of hydrogen-bond acceptors (Lipinski definition) is 3. The number of halogens is 1. The van der Waals surface area contributed by atoms with Gasteiger partial charge in [-0.15, -0.1) is 10.2 Å². The first-order valence-electron chi connectivity index (χ1n) is 3.18. The highest BCUT2D eigenvalue weighted by Crippen LogP contribution is 2.00. The fourth-order valence-electron chi connectivity index (χ4n) is 0.557. The molecule has 1 aromatic rings. The quantitative estimate of drug-likeness (QED) is 0.563. The second-order valence-electron chi connectivity index (χ2n) is 1.88. The van der Waals surface area contributed by atoms with Crippen molar-refractivity contribution in [2.45, 2.75) is 6.42 Å². The molecule has 0 aliphatic heterocycles. The van der Waals surface area contributed by atoms with E-state index < -0.39 is 0 Å². The summed E-state index contributed by atoms with van der Waals surface area (Å²) in [5.74, 6) is 5.28. The fraction of sp³-hybridized carbons (Fsp3) is 0.125. The van der Waals surface area contributed by atoms with Crippen LogP contribution in [0, 0.1) is 23.2 Å². The SMILES string of the molecule is N#CCC#Cc1ccc(Cl)nn1. The molecule has 0 unspecified atom stereocenters. The van der Waals surface area contributed by atoms with Crippen LogP contribution >= 0.6 is 11.6 Å². The van der Waals surface area contributed by atoms with Gasteiger partial charge in [-0.1, -0.05) is 17.5 Å². The maximum absolute atomic E-state index is 8.18. The van der Waals surface area contributed by atoms with Gasteiger partial charge in [0.1, 0.15) is 5.69 Å². The van der Waals surface area contributed by atoms with Crippen LogP contribution in [-0.2, 0) is 0 Å². The molecule has 0 spiro atoms. The van der Waals surface area contributed by atoms with Gasteiger partial charge in [0.15, 0.2) is 5.15 Å². The molecule has 12 heavy (non-hydrogen) atoms. The molecule has 3 nitrogen and oxygen atoms in total. The summed E-state index contributed by atoms with van der Waals surface area (Å²) in [5.41, 5.74) is 0.523. The van der Waals surface area contributed by atoms with Crippen LogP contribution in [0.4, 0.5) is 0 Å². The van der Waals surface area contributed by atoms with E-state index in [2.05, 4.69) is 22.0 Å². The lowest BCUT2D eigenvalue weighted by Gasteiger charge is -1.86. The van der Waals surface area contributed by atoms with E-state index in [-0.39, 0.29) is 6.42 Å². The van der Waals surface area contributed by atoms with Gasteiger partial charge in [-0.2, -0.15) is 5.26 Å². The lowest BCUT2D eigenvalue weighted by Crippen LogP contribution is -1.85. The molecule has 0 saturated carbocycles. The first kappa shape index (κ1) is 8.52. The van der Waals surface area contributed by atoms with Crippen molar-refractivity contribution >= 4 is 11.6 Å². The third-order valence-corrected chi connectivity index (χ3v) is 1.22. The number of rotatable bonds is 0. The van der Waals surface area contributed by atoms with Crippen LogP contribution in [0.2, 0.25) is 5.15 Å². The maximum atomic E-state index is 8.18. The van der Waals surface area contributed by atoms with Crippen LogP contribution in [0.3, 0.4) is 0 Å². The molecule has 0 N–H and O–H groups in total. The van der Waals surface area contributed by atoms with Gasteiger partial charge in [0.05, 0.1) is 12.5 Å². The molecule has 0 radical (unpaired) electrons. The zero-order valence-electron chi connectivity index (χ0n) is 6.08.